The summed E-state index contributed by atoms with van der Waals surface area (Å²) < 4.78 is 54.8. The molecule has 0 aromatic heterocycles. The lowest BCUT2D eigenvalue weighted by Crippen LogP contribution is -2.18. The molecule has 0 atom stereocenters. The monoisotopic (exact) mass is 384 g/mol. The van der Waals surface area contributed by atoms with Crippen molar-refractivity contribution in [3.8, 4) is 5.75 Å². The molecule has 3 rings (SSSR count). The minimum Gasteiger partial charge on any atom is -0.403 e. The summed E-state index contributed by atoms with van der Waals surface area (Å²) in [5, 5.41) is 0. The largest absolute Gasteiger partial charge is 0.573 e. The summed E-state index contributed by atoms with van der Waals surface area (Å²) in [6.45, 7) is 2.25. The highest BCUT2D eigenvalue weighted by atomic mass is 19.4. The summed E-state index contributed by atoms with van der Waals surface area (Å²) in [7, 11) is 0. The summed E-state index contributed by atoms with van der Waals surface area (Å²) in [5.74, 6) is 0.00585. The van der Waals surface area contributed by atoms with Crippen molar-refractivity contribution in [1.82, 2.24) is 0 Å². The van der Waals surface area contributed by atoms with Gasteiger partial charge in [-0.05, 0) is 60.8 Å². The van der Waals surface area contributed by atoms with E-state index in [9.17, 15) is 17.6 Å². The summed E-state index contributed by atoms with van der Waals surface area (Å²) >= 11 is 0. The molecule has 0 heterocycles. The van der Waals surface area contributed by atoms with E-state index in [1.165, 1.54) is 56.2 Å². The number of halogens is 4. The number of allylic oxidation sites excluding steroid dienone is 2. The molecular weight excluding hydrogens is 356 g/mol. The highest BCUT2D eigenvalue weighted by Gasteiger charge is 2.33. The van der Waals surface area contributed by atoms with Crippen LogP contribution in [0, 0.1) is 17.7 Å². The van der Waals surface area contributed by atoms with E-state index in [0.29, 0.717) is 12.8 Å². The van der Waals surface area contributed by atoms with Gasteiger partial charge in [-0.15, -0.1) is 13.2 Å². The van der Waals surface area contributed by atoms with Crippen LogP contribution in [0.4, 0.5) is 17.6 Å². The van der Waals surface area contributed by atoms with Gasteiger partial charge < -0.3 is 4.74 Å². The Kier molecular flexibility index (Phi) is 6.48. The molecule has 27 heavy (non-hydrogen) atoms. The molecule has 2 aliphatic rings. The van der Waals surface area contributed by atoms with Gasteiger partial charge in [-0.2, -0.15) is 0 Å². The highest BCUT2D eigenvalue weighted by molar-refractivity contribution is 5.43. The van der Waals surface area contributed by atoms with E-state index in [4.69, 9.17) is 0 Å². The third-order valence-electron chi connectivity index (χ3n) is 6.04. The van der Waals surface area contributed by atoms with Gasteiger partial charge in [-0.3, -0.25) is 0 Å². The normalized spacial score (nSPS) is 22.9. The molecule has 0 bridgehead atoms. The van der Waals surface area contributed by atoms with E-state index in [1.54, 1.807) is 0 Å². The quantitative estimate of drug-likeness (QED) is 0.374. The number of hydrogen-bond donors (Lipinski definition) is 0. The number of benzene rings is 1. The maximum atomic E-state index is 14.0. The zero-order chi connectivity index (χ0) is 19.4. The van der Waals surface area contributed by atoms with Crippen LogP contribution in [-0.4, -0.2) is 6.36 Å². The van der Waals surface area contributed by atoms with Crippen LogP contribution in [0.3, 0.4) is 0 Å². The lowest BCUT2D eigenvalue weighted by molar-refractivity contribution is -0.275. The molecule has 1 nitrogen and oxygen atoms in total. The average molecular weight is 384 g/mol. The van der Waals surface area contributed by atoms with Gasteiger partial charge in [0.05, 0.1) is 0 Å². The standard InChI is InChI=1S/C22H28F4O/c1-2-3-15-4-6-16(7-5-15)8-9-17-10-11-18-14-21(27-22(24,25)26)20(23)13-19(18)12-17/h10,13-16H,2-9,11-12H2,1H3. The van der Waals surface area contributed by atoms with Crippen LogP contribution in [0.15, 0.2) is 23.8 Å². The number of alkyl halides is 3. The van der Waals surface area contributed by atoms with Gasteiger partial charge in [0, 0.05) is 0 Å². The zero-order valence-electron chi connectivity index (χ0n) is 15.9. The SMILES string of the molecule is CCCC1CCC(CCC2=CCc3cc(OC(F)(F)F)c(F)cc3C2)CC1. The topological polar surface area (TPSA) is 9.23 Å². The van der Waals surface area contributed by atoms with Crippen molar-refractivity contribution >= 4 is 0 Å². The Bertz CT molecular complexity index is 670. The average Bonchev–Trinajstić information content (AvgIpc) is 2.61. The molecule has 5 heteroatoms. The van der Waals surface area contributed by atoms with E-state index in [-0.39, 0.29) is 0 Å². The maximum absolute atomic E-state index is 14.0. The van der Waals surface area contributed by atoms with Crippen molar-refractivity contribution in [1.29, 1.82) is 0 Å². The van der Waals surface area contributed by atoms with Gasteiger partial charge in [0.1, 0.15) is 0 Å². The second-order valence-corrected chi connectivity index (χ2v) is 8.06. The Morgan fingerprint density at radius 3 is 2.30 bits per heavy atom. The van der Waals surface area contributed by atoms with Crippen LogP contribution in [0.5, 0.6) is 5.75 Å². The predicted molar refractivity (Wildman–Crippen MR) is 98.2 cm³/mol. The van der Waals surface area contributed by atoms with Crippen LogP contribution in [0.25, 0.3) is 0 Å². The van der Waals surface area contributed by atoms with Gasteiger partial charge in [0.25, 0.3) is 0 Å². The molecule has 0 saturated heterocycles. The van der Waals surface area contributed by atoms with Crippen molar-refractivity contribution < 1.29 is 22.3 Å². The predicted octanol–water partition coefficient (Wildman–Crippen LogP) is 7.14. The van der Waals surface area contributed by atoms with Crippen molar-refractivity contribution in [3.05, 3.63) is 40.7 Å². The summed E-state index contributed by atoms with van der Waals surface area (Å²) in [6, 6.07) is 2.40. The fourth-order valence-electron chi connectivity index (χ4n) is 4.56. The molecule has 0 unspecified atom stereocenters. The number of ether oxygens (including phenoxy) is 1. The van der Waals surface area contributed by atoms with E-state index >= 15 is 0 Å². The van der Waals surface area contributed by atoms with E-state index < -0.39 is 17.9 Å². The fourth-order valence-corrected chi connectivity index (χ4v) is 4.56. The molecule has 150 valence electrons. The molecule has 1 fully saturated rings. The summed E-state index contributed by atoms with van der Waals surface area (Å²) in [5.41, 5.74) is 2.78. The fraction of sp³-hybridized carbons (Fsp3) is 0.636. The smallest absolute Gasteiger partial charge is 0.403 e. The molecule has 0 aliphatic heterocycles. The van der Waals surface area contributed by atoms with E-state index in [2.05, 4.69) is 17.7 Å². The Morgan fingerprint density at radius 1 is 1.00 bits per heavy atom. The second kappa shape index (κ2) is 8.66. The first-order valence-electron chi connectivity index (χ1n) is 10.1. The lowest BCUT2D eigenvalue weighted by atomic mass is 9.77. The Hall–Kier alpha value is -1.52. The van der Waals surface area contributed by atoms with E-state index in [1.807, 2.05) is 0 Å². The Morgan fingerprint density at radius 2 is 1.67 bits per heavy atom. The summed E-state index contributed by atoms with van der Waals surface area (Å²) in [4.78, 5) is 0. The minimum atomic E-state index is -4.87. The lowest BCUT2D eigenvalue weighted by Gasteiger charge is -2.29. The van der Waals surface area contributed by atoms with Crippen molar-refractivity contribution in [2.45, 2.75) is 77.5 Å². The molecular formula is C22H28F4O. The first-order chi connectivity index (χ1) is 12.8. The highest BCUT2D eigenvalue weighted by Crippen LogP contribution is 2.36. The van der Waals surface area contributed by atoms with Gasteiger partial charge in [-0.25, -0.2) is 4.39 Å². The Labute approximate surface area is 158 Å². The van der Waals surface area contributed by atoms with Crippen molar-refractivity contribution in [2.75, 3.05) is 0 Å². The van der Waals surface area contributed by atoms with Gasteiger partial charge in [0.2, 0.25) is 0 Å². The molecule has 0 N–H and O–H groups in total. The van der Waals surface area contributed by atoms with Crippen LogP contribution >= 0.6 is 0 Å². The van der Waals surface area contributed by atoms with Gasteiger partial charge >= 0.3 is 6.36 Å². The zero-order valence-corrected chi connectivity index (χ0v) is 15.9. The van der Waals surface area contributed by atoms with Crippen LogP contribution in [-0.2, 0) is 12.8 Å². The minimum absolute atomic E-state index is 0.544. The third-order valence-corrected chi connectivity index (χ3v) is 6.04. The Balaban J connectivity index is 1.53. The first-order valence-corrected chi connectivity index (χ1v) is 10.1. The first kappa shape index (κ1) is 20.2. The molecule has 2 aliphatic carbocycles. The van der Waals surface area contributed by atoms with Gasteiger partial charge in [0.15, 0.2) is 11.6 Å². The van der Waals surface area contributed by atoms with Crippen LogP contribution in [0.2, 0.25) is 0 Å². The van der Waals surface area contributed by atoms with E-state index in [0.717, 1.165) is 35.8 Å². The molecule has 0 amide bonds. The maximum Gasteiger partial charge on any atom is 0.573 e. The van der Waals surface area contributed by atoms with Crippen molar-refractivity contribution in [2.24, 2.45) is 11.8 Å². The number of hydrogen-bond acceptors (Lipinski definition) is 1. The molecule has 0 spiro atoms. The molecule has 0 radical (unpaired) electrons. The second-order valence-electron chi connectivity index (χ2n) is 8.06. The summed E-state index contributed by atoms with van der Waals surface area (Å²) in [6.07, 6.45) is 8.48. The third kappa shape index (κ3) is 5.73. The molecule has 1 aromatic carbocycles. The van der Waals surface area contributed by atoms with Crippen molar-refractivity contribution in [3.63, 3.8) is 0 Å². The molecule has 1 aromatic rings. The number of rotatable bonds is 6. The molecule has 1 saturated carbocycles. The van der Waals surface area contributed by atoms with Crippen LogP contribution < -0.4 is 4.74 Å². The van der Waals surface area contributed by atoms with Gasteiger partial charge in [-0.1, -0.05) is 57.1 Å². The van der Waals surface area contributed by atoms with Crippen LogP contribution in [0.1, 0.15) is 69.4 Å². The number of fused-ring (bicyclic) bond motifs is 1.